The zero-order chi connectivity index (χ0) is 21.2. The van der Waals surface area contributed by atoms with Gasteiger partial charge in [0.2, 0.25) is 0 Å². The predicted octanol–water partition coefficient (Wildman–Crippen LogP) is 3.60. The minimum absolute atomic E-state index is 0.556. The van der Waals surface area contributed by atoms with Gasteiger partial charge < -0.3 is 15.5 Å². The Balaban J connectivity index is 1.57. The first kappa shape index (κ1) is 19.6. The molecule has 4 aromatic heterocycles. The van der Waals surface area contributed by atoms with Crippen molar-refractivity contribution >= 4 is 40.0 Å². The summed E-state index contributed by atoms with van der Waals surface area (Å²) in [6.07, 6.45) is 6.88. The number of halogens is 1. The highest BCUT2D eigenvalue weighted by atomic mass is 35.5. The van der Waals surface area contributed by atoms with E-state index in [4.69, 9.17) is 21.6 Å². The highest BCUT2D eigenvalue weighted by Crippen LogP contribution is 2.32. The summed E-state index contributed by atoms with van der Waals surface area (Å²) in [6, 6.07) is 7.74. The van der Waals surface area contributed by atoms with Gasteiger partial charge in [0.25, 0.3) is 0 Å². The Hall–Kier alpha value is -3.36. The second-order valence-electron chi connectivity index (χ2n) is 7.40. The molecule has 1 saturated heterocycles. The van der Waals surface area contributed by atoms with Crippen LogP contribution in [0.3, 0.4) is 0 Å². The van der Waals surface area contributed by atoms with Crippen molar-refractivity contribution in [1.29, 1.82) is 0 Å². The van der Waals surface area contributed by atoms with Gasteiger partial charge in [0.1, 0.15) is 17.5 Å². The van der Waals surface area contributed by atoms with E-state index in [9.17, 15) is 0 Å². The van der Waals surface area contributed by atoms with Crippen LogP contribution in [-0.2, 0) is 0 Å². The standard InChI is InChI=1S/C22H21ClN8/c1-14-2-4-26-18(10-14)29-19-11-15(3-5-27-19)21-28-17-13-25-12-16(23)20(17)22(30-21)31-8-6-24-7-9-31/h2-5,10-13,24H,6-9H2,1H3,(H,26,27,29). The van der Waals surface area contributed by atoms with E-state index < -0.39 is 0 Å². The average Bonchev–Trinajstić information content (AvgIpc) is 2.79. The minimum atomic E-state index is 0.556. The second kappa shape index (κ2) is 8.41. The molecule has 5 heterocycles. The number of hydrogen-bond donors (Lipinski definition) is 2. The highest BCUT2D eigenvalue weighted by Gasteiger charge is 2.20. The zero-order valence-electron chi connectivity index (χ0n) is 17.0. The van der Waals surface area contributed by atoms with Crippen molar-refractivity contribution in [3.63, 3.8) is 0 Å². The van der Waals surface area contributed by atoms with Crippen LogP contribution >= 0.6 is 11.6 Å². The van der Waals surface area contributed by atoms with Crippen LogP contribution < -0.4 is 15.5 Å². The lowest BCUT2D eigenvalue weighted by molar-refractivity contribution is 0.586. The van der Waals surface area contributed by atoms with Crippen LogP contribution in [0.1, 0.15) is 5.56 Å². The molecule has 0 spiro atoms. The molecule has 1 fully saturated rings. The monoisotopic (exact) mass is 432 g/mol. The Bertz CT molecular complexity index is 1240. The molecule has 0 atom stereocenters. The van der Waals surface area contributed by atoms with E-state index in [1.807, 2.05) is 31.2 Å². The summed E-state index contributed by atoms with van der Waals surface area (Å²) in [6.45, 7) is 5.53. The third kappa shape index (κ3) is 4.12. The molecule has 0 bridgehead atoms. The number of piperazine rings is 1. The fourth-order valence-electron chi connectivity index (χ4n) is 3.63. The van der Waals surface area contributed by atoms with Crippen molar-refractivity contribution in [1.82, 2.24) is 30.2 Å². The molecule has 0 amide bonds. The number of anilines is 3. The molecule has 1 aliphatic rings. The number of hydrogen-bond acceptors (Lipinski definition) is 8. The third-order valence-electron chi connectivity index (χ3n) is 5.15. The van der Waals surface area contributed by atoms with Gasteiger partial charge in [0.05, 0.1) is 22.1 Å². The molecule has 0 radical (unpaired) electrons. The topological polar surface area (TPSA) is 91.8 Å². The van der Waals surface area contributed by atoms with Gasteiger partial charge in [-0.1, -0.05) is 11.6 Å². The number of nitrogens with zero attached hydrogens (tertiary/aromatic N) is 6. The first-order valence-corrected chi connectivity index (χ1v) is 10.5. The van der Waals surface area contributed by atoms with Crippen LogP contribution in [-0.4, -0.2) is 51.1 Å². The van der Waals surface area contributed by atoms with Crippen molar-refractivity contribution in [3.8, 4) is 11.4 Å². The molecular weight excluding hydrogens is 412 g/mol. The number of aryl methyl sites for hydroxylation is 1. The van der Waals surface area contributed by atoms with E-state index >= 15 is 0 Å². The van der Waals surface area contributed by atoms with Crippen LogP contribution in [0, 0.1) is 6.92 Å². The summed E-state index contributed by atoms with van der Waals surface area (Å²) in [4.78, 5) is 24.9. The van der Waals surface area contributed by atoms with Gasteiger partial charge in [-0.2, -0.15) is 0 Å². The van der Waals surface area contributed by atoms with Gasteiger partial charge in [-0.05, 0) is 36.8 Å². The van der Waals surface area contributed by atoms with E-state index in [1.165, 1.54) is 0 Å². The summed E-state index contributed by atoms with van der Waals surface area (Å²) in [5, 5.41) is 8.01. The molecule has 8 nitrogen and oxygen atoms in total. The summed E-state index contributed by atoms with van der Waals surface area (Å²) in [7, 11) is 0. The van der Waals surface area contributed by atoms with Gasteiger partial charge in [-0.3, -0.25) is 4.98 Å². The van der Waals surface area contributed by atoms with Gasteiger partial charge >= 0.3 is 0 Å². The summed E-state index contributed by atoms with van der Waals surface area (Å²) in [5.74, 6) is 2.85. The maximum absolute atomic E-state index is 6.50. The van der Waals surface area contributed by atoms with E-state index in [1.54, 1.807) is 24.8 Å². The van der Waals surface area contributed by atoms with Crippen molar-refractivity contribution in [2.45, 2.75) is 6.92 Å². The van der Waals surface area contributed by atoms with Crippen LogP contribution in [0.15, 0.2) is 49.1 Å². The van der Waals surface area contributed by atoms with Crippen LogP contribution in [0.4, 0.5) is 17.5 Å². The number of fused-ring (bicyclic) bond motifs is 1. The number of aromatic nitrogens is 5. The van der Waals surface area contributed by atoms with Gasteiger partial charge in [-0.25, -0.2) is 19.9 Å². The molecule has 4 aromatic rings. The van der Waals surface area contributed by atoms with E-state index in [0.717, 1.165) is 59.8 Å². The summed E-state index contributed by atoms with van der Waals surface area (Å²) in [5.41, 5.74) is 2.69. The van der Waals surface area contributed by atoms with Gasteiger partial charge in [-0.15, -0.1) is 0 Å². The predicted molar refractivity (Wildman–Crippen MR) is 123 cm³/mol. The Morgan fingerprint density at radius 2 is 1.77 bits per heavy atom. The normalized spacial score (nSPS) is 14.1. The lowest BCUT2D eigenvalue weighted by Crippen LogP contribution is -2.44. The first-order valence-electron chi connectivity index (χ1n) is 10.1. The van der Waals surface area contributed by atoms with E-state index in [0.29, 0.717) is 16.7 Å². The van der Waals surface area contributed by atoms with Gasteiger partial charge in [0, 0.05) is 50.3 Å². The molecule has 0 unspecified atom stereocenters. The third-order valence-corrected chi connectivity index (χ3v) is 5.43. The Kier molecular flexibility index (Phi) is 5.31. The zero-order valence-corrected chi connectivity index (χ0v) is 17.8. The van der Waals surface area contributed by atoms with Crippen molar-refractivity contribution in [2.75, 3.05) is 36.4 Å². The van der Waals surface area contributed by atoms with Crippen LogP contribution in [0.5, 0.6) is 0 Å². The molecular formula is C22H21ClN8. The molecule has 2 N–H and O–H groups in total. The molecule has 0 saturated carbocycles. The number of nitrogens with one attached hydrogen (secondary N) is 2. The second-order valence-corrected chi connectivity index (χ2v) is 7.80. The van der Waals surface area contributed by atoms with Crippen molar-refractivity contribution in [3.05, 3.63) is 59.6 Å². The molecule has 0 aromatic carbocycles. The van der Waals surface area contributed by atoms with Crippen molar-refractivity contribution in [2.24, 2.45) is 0 Å². The molecule has 0 aliphatic carbocycles. The van der Waals surface area contributed by atoms with Crippen LogP contribution in [0.25, 0.3) is 22.3 Å². The largest absolute Gasteiger partial charge is 0.353 e. The Morgan fingerprint density at radius 1 is 1.00 bits per heavy atom. The Morgan fingerprint density at radius 3 is 2.58 bits per heavy atom. The maximum Gasteiger partial charge on any atom is 0.162 e. The number of pyridine rings is 3. The summed E-state index contributed by atoms with van der Waals surface area (Å²) >= 11 is 6.50. The summed E-state index contributed by atoms with van der Waals surface area (Å²) < 4.78 is 0. The fourth-order valence-corrected chi connectivity index (χ4v) is 3.87. The molecule has 9 heteroatoms. The van der Waals surface area contributed by atoms with Crippen LogP contribution in [0.2, 0.25) is 5.02 Å². The quantitative estimate of drug-likeness (QED) is 0.505. The SMILES string of the molecule is Cc1ccnc(Nc2cc(-c3nc(N4CCNCC4)c4c(Cl)cncc4n3)ccn2)c1. The van der Waals surface area contributed by atoms with Crippen molar-refractivity contribution < 1.29 is 0 Å². The van der Waals surface area contributed by atoms with Gasteiger partial charge in [0.15, 0.2) is 5.82 Å². The number of rotatable bonds is 4. The maximum atomic E-state index is 6.50. The average molecular weight is 433 g/mol. The molecule has 31 heavy (non-hydrogen) atoms. The van der Waals surface area contributed by atoms with E-state index in [-0.39, 0.29) is 0 Å². The molecule has 5 rings (SSSR count). The lowest BCUT2D eigenvalue weighted by atomic mass is 10.2. The first-order chi connectivity index (χ1) is 15.2. The smallest absolute Gasteiger partial charge is 0.162 e. The molecule has 156 valence electrons. The lowest BCUT2D eigenvalue weighted by Gasteiger charge is -2.29. The van der Waals surface area contributed by atoms with E-state index in [2.05, 4.69) is 30.5 Å². The molecule has 1 aliphatic heterocycles. The highest BCUT2D eigenvalue weighted by molar-refractivity contribution is 6.36. The minimum Gasteiger partial charge on any atom is -0.353 e. The Labute approximate surface area is 184 Å². The fraction of sp³-hybridized carbons (Fsp3) is 0.227.